The summed E-state index contributed by atoms with van der Waals surface area (Å²) >= 11 is 0. The Balaban J connectivity index is 1.91. The zero-order valence-electron chi connectivity index (χ0n) is 14.4. The molecule has 6 nitrogen and oxygen atoms in total. The molecule has 2 aromatic heterocycles. The van der Waals surface area contributed by atoms with Crippen molar-refractivity contribution >= 4 is 22.6 Å². The number of para-hydroxylation sites is 1. The van der Waals surface area contributed by atoms with Crippen LogP contribution < -0.4 is 10.2 Å². The van der Waals surface area contributed by atoms with Crippen molar-refractivity contribution < 1.29 is 4.79 Å². The summed E-state index contributed by atoms with van der Waals surface area (Å²) in [6, 6.07) is 11.8. The Hall–Kier alpha value is -3.02. The Morgan fingerprint density at radius 1 is 1.16 bits per heavy atom. The summed E-state index contributed by atoms with van der Waals surface area (Å²) in [6.07, 6.45) is 4.35. The molecule has 0 aliphatic rings. The van der Waals surface area contributed by atoms with Crippen LogP contribution in [0, 0.1) is 0 Å². The first-order valence-corrected chi connectivity index (χ1v) is 8.28. The van der Waals surface area contributed by atoms with Crippen LogP contribution in [0.2, 0.25) is 0 Å². The van der Waals surface area contributed by atoms with Crippen LogP contribution >= 0.6 is 0 Å². The van der Waals surface area contributed by atoms with Gasteiger partial charge in [0.25, 0.3) is 0 Å². The van der Waals surface area contributed by atoms with Gasteiger partial charge in [0, 0.05) is 50.4 Å². The zero-order chi connectivity index (χ0) is 17.6. The molecule has 0 unspecified atom stereocenters. The van der Waals surface area contributed by atoms with Crippen molar-refractivity contribution in [2.24, 2.45) is 0 Å². The van der Waals surface area contributed by atoms with Crippen molar-refractivity contribution in [2.45, 2.75) is 13.3 Å². The van der Waals surface area contributed by atoms with E-state index in [9.17, 15) is 4.79 Å². The topological polar surface area (TPSA) is 71.0 Å². The predicted molar refractivity (Wildman–Crippen MR) is 99.3 cm³/mol. The highest BCUT2D eigenvalue weighted by atomic mass is 16.1. The maximum atomic E-state index is 11.0. The summed E-state index contributed by atoms with van der Waals surface area (Å²) in [5.41, 5.74) is 1.79. The molecule has 3 aromatic rings. The molecule has 1 N–H and O–H groups in total. The minimum absolute atomic E-state index is 0.00555. The SMILES string of the molecule is CC(=O)NCCCN(C)c1nc(-c2cccnc2)nc2ccccc12. The molecule has 6 heteroatoms. The molecule has 128 valence electrons. The third kappa shape index (κ3) is 4.09. The van der Waals surface area contributed by atoms with Gasteiger partial charge in [0.15, 0.2) is 5.82 Å². The summed E-state index contributed by atoms with van der Waals surface area (Å²) in [7, 11) is 2.01. The maximum Gasteiger partial charge on any atom is 0.216 e. The van der Waals surface area contributed by atoms with Gasteiger partial charge in [-0.15, -0.1) is 0 Å². The predicted octanol–water partition coefficient (Wildman–Crippen LogP) is 2.65. The van der Waals surface area contributed by atoms with E-state index in [1.54, 1.807) is 12.4 Å². The minimum Gasteiger partial charge on any atom is -0.359 e. The van der Waals surface area contributed by atoms with Crippen molar-refractivity contribution in [2.75, 3.05) is 25.0 Å². The van der Waals surface area contributed by atoms with E-state index in [0.29, 0.717) is 12.4 Å². The lowest BCUT2D eigenvalue weighted by molar-refractivity contribution is -0.118. The van der Waals surface area contributed by atoms with Crippen LogP contribution in [0.4, 0.5) is 5.82 Å². The van der Waals surface area contributed by atoms with Gasteiger partial charge in [0.2, 0.25) is 5.91 Å². The number of fused-ring (bicyclic) bond motifs is 1. The van der Waals surface area contributed by atoms with Crippen LogP contribution in [-0.4, -0.2) is 41.0 Å². The molecule has 25 heavy (non-hydrogen) atoms. The molecule has 0 saturated heterocycles. The second-order valence-electron chi connectivity index (χ2n) is 5.89. The first kappa shape index (κ1) is 16.8. The molecular weight excluding hydrogens is 314 g/mol. The average molecular weight is 335 g/mol. The maximum absolute atomic E-state index is 11.0. The molecule has 3 rings (SSSR count). The highest BCUT2D eigenvalue weighted by Gasteiger charge is 2.12. The van der Waals surface area contributed by atoms with E-state index in [1.165, 1.54) is 6.92 Å². The molecule has 0 fully saturated rings. The standard InChI is InChI=1S/C19H21N5O/c1-14(25)21-11-6-12-24(2)19-16-8-3-4-9-17(16)22-18(23-19)15-7-5-10-20-13-15/h3-5,7-10,13H,6,11-12H2,1-2H3,(H,21,25). The number of nitrogens with one attached hydrogen (secondary N) is 1. The highest BCUT2D eigenvalue weighted by molar-refractivity contribution is 5.90. The molecular formula is C19H21N5O. The van der Waals surface area contributed by atoms with E-state index in [0.717, 1.165) is 35.2 Å². The van der Waals surface area contributed by atoms with Gasteiger partial charge < -0.3 is 10.2 Å². The Kier molecular flexibility index (Phi) is 5.18. The fourth-order valence-corrected chi connectivity index (χ4v) is 2.66. The van der Waals surface area contributed by atoms with Gasteiger partial charge in [-0.2, -0.15) is 0 Å². The fraction of sp³-hybridized carbons (Fsp3) is 0.263. The first-order valence-electron chi connectivity index (χ1n) is 8.28. The van der Waals surface area contributed by atoms with Gasteiger partial charge in [-0.25, -0.2) is 9.97 Å². The lowest BCUT2D eigenvalue weighted by Crippen LogP contribution is -2.27. The molecule has 1 aromatic carbocycles. The van der Waals surface area contributed by atoms with Crippen molar-refractivity contribution in [1.29, 1.82) is 0 Å². The summed E-state index contributed by atoms with van der Waals surface area (Å²) in [5.74, 6) is 1.54. The van der Waals surface area contributed by atoms with E-state index in [-0.39, 0.29) is 5.91 Å². The largest absolute Gasteiger partial charge is 0.359 e. The smallest absolute Gasteiger partial charge is 0.216 e. The summed E-state index contributed by atoms with van der Waals surface area (Å²) < 4.78 is 0. The number of hydrogen-bond acceptors (Lipinski definition) is 5. The van der Waals surface area contributed by atoms with Crippen molar-refractivity contribution in [3.63, 3.8) is 0 Å². The number of nitrogens with zero attached hydrogens (tertiary/aromatic N) is 4. The van der Waals surface area contributed by atoms with Gasteiger partial charge in [-0.3, -0.25) is 9.78 Å². The van der Waals surface area contributed by atoms with E-state index in [1.807, 2.05) is 43.4 Å². The lowest BCUT2D eigenvalue weighted by atomic mass is 10.2. The van der Waals surface area contributed by atoms with Gasteiger partial charge in [0.05, 0.1) is 5.52 Å². The number of carbonyl (C=O) groups excluding carboxylic acids is 1. The van der Waals surface area contributed by atoms with Crippen LogP contribution in [0.5, 0.6) is 0 Å². The average Bonchev–Trinajstić information content (AvgIpc) is 2.64. The zero-order valence-corrected chi connectivity index (χ0v) is 14.4. The van der Waals surface area contributed by atoms with Crippen molar-refractivity contribution in [3.8, 4) is 11.4 Å². The molecule has 0 spiro atoms. The van der Waals surface area contributed by atoms with Gasteiger partial charge >= 0.3 is 0 Å². The van der Waals surface area contributed by atoms with Gasteiger partial charge in [0.1, 0.15) is 5.82 Å². The van der Waals surface area contributed by atoms with Crippen LogP contribution in [0.25, 0.3) is 22.3 Å². The molecule has 0 aliphatic carbocycles. The normalized spacial score (nSPS) is 10.6. The molecule has 0 atom stereocenters. The Labute approximate surface area is 146 Å². The van der Waals surface area contributed by atoms with Crippen molar-refractivity contribution in [1.82, 2.24) is 20.3 Å². The van der Waals surface area contributed by atoms with Crippen LogP contribution in [0.15, 0.2) is 48.8 Å². The summed E-state index contributed by atoms with van der Waals surface area (Å²) in [6.45, 7) is 2.97. The van der Waals surface area contributed by atoms with Crippen LogP contribution in [-0.2, 0) is 4.79 Å². The second kappa shape index (κ2) is 7.70. The molecule has 2 heterocycles. The number of rotatable bonds is 6. The Morgan fingerprint density at radius 3 is 2.76 bits per heavy atom. The third-order valence-electron chi connectivity index (χ3n) is 3.91. The van der Waals surface area contributed by atoms with Crippen LogP contribution in [0.1, 0.15) is 13.3 Å². The molecule has 0 bridgehead atoms. The number of hydrogen-bond donors (Lipinski definition) is 1. The number of amides is 1. The summed E-state index contributed by atoms with van der Waals surface area (Å²) in [5, 5.41) is 3.83. The third-order valence-corrected chi connectivity index (χ3v) is 3.91. The van der Waals surface area contributed by atoms with Gasteiger partial charge in [-0.1, -0.05) is 12.1 Å². The van der Waals surface area contributed by atoms with E-state index in [4.69, 9.17) is 4.98 Å². The molecule has 1 amide bonds. The first-order chi connectivity index (χ1) is 12.1. The lowest BCUT2D eigenvalue weighted by Gasteiger charge is -2.20. The fourth-order valence-electron chi connectivity index (χ4n) is 2.66. The second-order valence-corrected chi connectivity index (χ2v) is 5.89. The Bertz CT molecular complexity index is 866. The highest BCUT2D eigenvalue weighted by Crippen LogP contribution is 2.26. The minimum atomic E-state index is -0.00555. The molecule has 0 aliphatic heterocycles. The number of benzene rings is 1. The molecule has 0 saturated carbocycles. The Morgan fingerprint density at radius 2 is 2.00 bits per heavy atom. The van der Waals surface area contributed by atoms with Gasteiger partial charge in [-0.05, 0) is 30.7 Å². The molecule has 0 radical (unpaired) electrons. The number of aromatic nitrogens is 3. The number of anilines is 1. The number of pyridine rings is 1. The van der Waals surface area contributed by atoms with Crippen LogP contribution in [0.3, 0.4) is 0 Å². The summed E-state index contributed by atoms with van der Waals surface area (Å²) in [4.78, 5) is 26.7. The quantitative estimate of drug-likeness (QED) is 0.701. The van der Waals surface area contributed by atoms with E-state index < -0.39 is 0 Å². The van der Waals surface area contributed by atoms with E-state index >= 15 is 0 Å². The van der Waals surface area contributed by atoms with Crippen molar-refractivity contribution in [3.05, 3.63) is 48.8 Å². The number of carbonyl (C=O) groups is 1. The van der Waals surface area contributed by atoms with E-state index in [2.05, 4.69) is 20.2 Å². The monoisotopic (exact) mass is 335 g/mol.